The summed E-state index contributed by atoms with van der Waals surface area (Å²) in [5.74, 6) is -0.156. The van der Waals surface area contributed by atoms with Crippen molar-refractivity contribution in [2.45, 2.75) is 25.8 Å². The average Bonchev–Trinajstić information content (AvgIpc) is 2.26. The van der Waals surface area contributed by atoms with E-state index in [4.69, 9.17) is 4.74 Å². The van der Waals surface area contributed by atoms with Gasteiger partial charge in [-0.25, -0.2) is 4.39 Å². The fraction of sp³-hybridized carbons (Fsp3) is 0.500. The highest BCUT2D eigenvalue weighted by Crippen LogP contribution is 2.20. The Kier molecular flexibility index (Phi) is 3.21. The van der Waals surface area contributed by atoms with Crippen molar-refractivity contribution in [3.8, 4) is 0 Å². The standard InChI is InChI=1S/C12H16FNO/c1-9-11(13)5-2-6-12(9)14-10-4-3-7-15-8-10/h2,5-6,10,14H,3-4,7-8H2,1H3. The minimum atomic E-state index is -0.156. The summed E-state index contributed by atoms with van der Waals surface area (Å²) in [5.41, 5.74) is 1.56. The molecule has 1 aromatic rings. The smallest absolute Gasteiger partial charge is 0.128 e. The zero-order chi connectivity index (χ0) is 10.7. The van der Waals surface area contributed by atoms with E-state index in [2.05, 4.69) is 5.32 Å². The minimum Gasteiger partial charge on any atom is -0.380 e. The molecule has 1 atom stereocenters. The number of rotatable bonds is 2. The van der Waals surface area contributed by atoms with E-state index in [1.54, 1.807) is 13.0 Å². The molecule has 0 spiro atoms. The minimum absolute atomic E-state index is 0.156. The van der Waals surface area contributed by atoms with Gasteiger partial charge in [-0.15, -0.1) is 0 Å². The van der Waals surface area contributed by atoms with Gasteiger partial charge in [0.05, 0.1) is 6.61 Å². The lowest BCUT2D eigenvalue weighted by Gasteiger charge is -2.25. The summed E-state index contributed by atoms with van der Waals surface area (Å²) in [6.07, 6.45) is 2.17. The molecule has 1 aliphatic heterocycles. The molecule has 1 saturated heterocycles. The first kappa shape index (κ1) is 10.4. The van der Waals surface area contributed by atoms with Gasteiger partial charge < -0.3 is 10.1 Å². The molecular formula is C12H16FNO. The molecule has 0 aromatic heterocycles. The van der Waals surface area contributed by atoms with Crippen molar-refractivity contribution in [3.63, 3.8) is 0 Å². The van der Waals surface area contributed by atoms with Crippen LogP contribution >= 0.6 is 0 Å². The zero-order valence-corrected chi connectivity index (χ0v) is 8.92. The van der Waals surface area contributed by atoms with Crippen LogP contribution in [0.3, 0.4) is 0 Å². The molecule has 0 aliphatic carbocycles. The lowest BCUT2D eigenvalue weighted by atomic mass is 10.1. The second-order valence-electron chi connectivity index (χ2n) is 3.97. The Morgan fingerprint density at radius 3 is 3.07 bits per heavy atom. The van der Waals surface area contributed by atoms with E-state index in [1.165, 1.54) is 6.07 Å². The maximum absolute atomic E-state index is 13.3. The summed E-state index contributed by atoms with van der Waals surface area (Å²) < 4.78 is 18.6. The highest BCUT2D eigenvalue weighted by atomic mass is 19.1. The molecule has 1 unspecified atom stereocenters. The SMILES string of the molecule is Cc1c(F)cccc1NC1CCCOC1. The highest BCUT2D eigenvalue weighted by molar-refractivity contribution is 5.51. The summed E-state index contributed by atoms with van der Waals surface area (Å²) >= 11 is 0. The van der Waals surface area contributed by atoms with Crippen LogP contribution in [0.15, 0.2) is 18.2 Å². The van der Waals surface area contributed by atoms with E-state index in [9.17, 15) is 4.39 Å². The third kappa shape index (κ3) is 2.48. The molecule has 0 saturated carbocycles. The van der Waals surface area contributed by atoms with E-state index >= 15 is 0 Å². The topological polar surface area (TPSA) is 21.3 Å². The van der Waals surface area contributed by atoms with Gasteiger partial charge >= 0.3 is 0 Å². The summed E-state index contributed by atoms with van der Waals surface area (Å²) in [5, 5.41) is 3.32. The summed E-state index contributed by atoms with van der Waals surface area (Å²) in [6, 6.07) is 5.44. The van der Waals surface area contributed by atoms with Crippen LogP contribution < -0.4 is 5.32 Å². The molecule has 2 nitrogen and oxygen atoms in total. The highest BCUT2D eigenvalue weighted by Gasteiger charge is 2.14. The molecule has 3 heteroatoms. The molecule has 0 amide bonds. The number of ether oxygens (including phenoxy) is 1. The Morgan fingerprint density at radius 2 is 2.33 bits per heavy atom. The first-order valence-corrected chi connectivity index (χ1v) is 5.37. The van der Waals surface area contributed by atoms with E-state index in [0.717, 1.165) is 31.7 Å². The molecule has 1 heterocycles. The number of hydrogen-bond donors (Lipinski definition) is 1. The van der Waals surface area contributed by atoms with E-state index in [1.807, 2.05) is 6.07 Å². The molecular weight excluding hydrogens is 193 g/mol. The quantitative estimate of drug-likeness (QED) is 0.808. The molecule has 0 radical (unpaired) electrons. The largest absolute Gasteiger partial charge is 0.380 e. The average molecular weight is 209 g/mol. The van der Waals surface area contributed by atoms with E-state index < -0.39 is 0 Å². The Bertz CT molecular complexity index is 334. The second-order valence-corrected chi connectivity index (χ2v) is 3.97. The number of benzene rings is 1. The van der Waals surface area contributed by atoms with Gasteiger partial charge in [0.1, 0.15) is 5.82 Å². The number of halogens is 1. The predicted octanol–water partition coefficient (Wildman–Crippen LogP) is 2.73. The first-order valence-electron chi connectivity index (χ1n) is 5.37. The Morgan fingerprint density at radius 1 is 1.47 bits per heavy atom. The zero-order valence-electron chi connectivity index (χ0n) is 8.92. The van der Waals surface area contributed by atoms with Crippen LogP contribution in [0.25, 0.3) is 0 Å². The third-order valence-corrected chi connectivity index (χ3v) is 2.79. The molecule has 1 aliphatic rings. The number of hydrogen-bond acceptors (Lipinski definition) is 2. The lowest BCUT2D eigenvalue weighted by Crippen LogP contribution is -2.30. The van der Waals surface area contributed by atoms with Crippen LogP contribution in [0.2, 0.25) is 0 Å². The summed E-state index contributed by atoms with van der Waals surface area (Å²) in [6.45, 7) is 3.36. The van der Waals surface area contributed by atoms with Gasteiger partial charge in [-0.3, -0.25) is 0 Å². The lowest BCUT2D eigenvalue weighted by molar-refractivity contribution is 0.0876. The van der Waals surface area contributed by atoms with Crippen molar-refractivity contribution in [3.05, 3.63) is 29.6 Å². The van der Waals surface area contributed by atoms with Crippen molar-refractivity contribution in [2.24, 2.45) is 0 Å². The van der Waals surface area contributed by atoms with Gasteiger partial charge in [0.15, 0.2) is 0 Å². The normalized spacial score (nSPS) is 21.3. The van der Waals surface area contributed by atoms with Crippen molar-refractivity contribution in [2.75, 3.05) is 18.5 Å². The number of nitrogens with one attached hydrogen (secondary N) is 1. The van der Waals surface area contributed by atoms with Crippen LogP contribution in [0, 0.1) is 12.7 Å². The second kappa shape index (κ2) is 4.62. The van der Waals surface area contributed by atoms with Gasteiger partial charge in [0, 0.05) is 23.9 Å². The van der Waals surface area contributed by atoms with Crippen LogP contribution in [0.1, 0.15) is 18.4 Å². The molecule has 1 aromatic carbocycles. The maximum Gasteiger partial charge on any atom is 0.128 e. The van der Waals surface area contributed by atoms with Gasteiger partial charge in [-0.05, 0) is 31.9 Å². The van der Waals surface area contributed by atoms with Crippen molar-refractivity contribution < 1.29 is 9.13 Å². The van der Waals surface area contributed by atoms with E-state index in [-0.39, 0.29) is 5.82 Å². The number of anilines is 1. The van der Waals surface area contributed by atoms with Crippen LogP contribution in [-0.2, 0) is 4.74 Å². The molecule has 2 rings (SSSR count). The first-order chi connectivity index (χ1) is 7.27. The molecule has 1 fully saturated rings. The van der Waals surface area contributed by atoms with Crippen LogP contribution in [-0.4, -0.2) is 19.3 Å². The molecule has 82 valence electrons. The Balaban J connectivity index is 2.06. The van der Waals surface area contributed by atoms with Crippen molar-refractivity contribution in [1.29, 1.82) is 0 Å². The Hall–Kier alpha value is -1.09. The van der Waals surface area contributed by atoms with E-state index in [0.29, 0.717) is 11.6 Å². The van der Waals surface area contributed by atoms with Gasteiger partial charge in [-0.1, -0.05) is 6.07 Å². The monoisotopic (exact) mass is 209 g/mol. The van der Waals surface area contributed by atoms with Gasteiger partial charge in [0.25, 0.3) is 0 Å². The van der Waals surface area contributed by atoms with Gasteiger partial charge in [0.2, 0.25) is 0 Å². The fourth-order valence-electron chi connectivity index (χ4n) is 1.84. The van der Waals surface area contributed by atoms with Crippen LogP contribution in [0.5, 0.6) is 0 Å². The molecule has 0 bridgehead atoms. The maximum atomic E-state index is 13.3. The predicted molar refractivity (Wildman–Crippen MR) is 58.6 cm³/mol. The molecule has 15 heavy (non-hydrogen) atoms. The summed E-state index contributed by atoms with van der Waals surface area (Å²) in [4.78, 5) is 0. The Labute approximate surface area is 89.4 Å². The van der Waals surface area contributed by atoms with Crippen LogP contribution in [0.4, 0.5) is 10.1 Å². The van der Waals surface area contributed by atoms with Gasteiger partial charge in [-0.2, -0.15) is 0 Å². The third-order valence-electron chi connectivity index (χ3n) is 2.79. The van der Waals surface area contributed by atoms with Crippen molar-refractivity contribution >= 4 is 5.69 Å². The summed E-state index contributed by atoms with van der Waals surface area (Å²) in [7, 11) is 0. The fourth-order valence-corrected chi connectivity index (χ4v) is 1.84. The molecule has 1 N–H and O–H groups in total. The van der Waals surface area contributed by atoms with Crippen molar-refractivity contribution in [1.82, 2.24) is 0 Å².